The molecule has 0 radical (unpaired) electrons. The van der Waals surface area contributed by atoms with Gasteiger partial charge in [0.1, 0.15) is 0 Å². The molecule has 1 aliphatic carbocycles. The molecule has 4 nitrogen and oxygen atoms in total. The Labute approximate surface area is 94.6 Å². The lowest BCUT2D eigenvalue weighted by molar-refractivity contribution is 0.0999. The van der Waals surface area contributed by atoms with Gasteiger partial charge >= 0.3 is 0 Å². The highest BCUT2D eigenvalue weighted by molar-refractivity contribution is 5.93. The number of benzene rings is 1. The molecule has 1 saturated carbocycles. The molecule has 0 bridgehead atoms. The Morgan fingerprint density at radius 2 is 2.19 bits per heavy atom. The first-order chi connectivity index (χ1) is 7.66. The van der Waals surface area contributed by atoms with Crippen molar-refractivity contribution in [1.82, 2.24) is 0 Å². The van der Waals surface area contributed by atoms with Gasteiger partial charge < -0.3 is 16.2 Å². The lowest BCUT2D eigenvalue weighted by Gasteiger charge is -2.07. The normalized spacial score (nSPS) is 15.0. The fourth-order valence-electron chi connectivity index (χ4n) is 1.50. The number of hydrogen-bond acceptors (Lipinski definition) is 3. The molecule has 0 saturated heterocycles. The van der Waals surface area contributed by atoms with E-state index in [-0.39, 0.29) is 0 Å². The number of ether oxygens (including phenoxy) is 1. The largest absolute Gasteiger partial charge is 0.398 e. The molecule has 2 rings (SSSR count). The molecule has 0 heterocycles. The second-order valence-electron chi connectivity index (χ2n) is 4.24. The van der Waals surface area contributed by atoms with Crippen molar-refractivity contribution in [2.24, 2.45) is 11.7 Å². The van der Waals surface area contributed by atoms with E-state index in [0.717, 1.165) is 18.1 Å². The Kier molecular flexibility index (Phi) is 3.10. The first kappa shape index (κ1) is 11.0. The van der Waals surface area contributed by atoms with Crippen molar-refractivity contribution in [2.45, 2.75) is 19.4 Å². The Bertz CT molecular complexity index is 400. The Balaban J connectivity index is 1.95. The van der Waals surface area contributed by atoms with Crippen LogP contribution in [0.5, 0.6) is 0 Å². The van der Waals surface area contributed by atoms with E-state index in [1.165, 1.54) is 12.8 Å². The summed E-state index contributed by atoms with van der Waals surface area (Å²) in [5.41, 5.74) is 12.9. The van der Waals surface area contributed by atoms with E-state index >= 15 is 0 Å². The second kappa shape index (κ2) is 4.53. The number of nitrogens with two attached hydrogens (primary N) is 2. The molecule has 0 aromatic heterocycles. The maximum Gasteiger partial charge on any atom is 0.248 e. The van der Waals surface area contributed by atoms with Crippen molar-refractivity contribution in [3.05, 3.63) is 29.3 Å². The van der Waals surface area contributed by atoms with Gasteiger partial charge in [0.05, 0.1) is 6.61 Å². The van der Waals surface area contributed by atoms with E-state index in [2.05, 4.69) is 0 Å². The number of hydrogen-bond donors (Lipinski definition) is 2. The number of carbonyl (C=O) groups excluding carboxylic acids is 1. The summed E-state index contributed by atoms with van der Waals surface area (Å²) in [5.74, 6) is 0.281. The third kappa shape index (κ3) is 2.73. The molecular formula is C12H16N2O2. The Morgan fingerprint density at radius 1 is 1.44 bits per heavy atom. The van der Waals surface area contributed by atoms with Crippen LogP contribution in [0.25, 0.3) is 0 Å². The topological polar surface area (TPSA) is 78.3 Å². The third-order valence-electron chi connectivity index (χ3n) is 2.74. The maximum atomic E-state index is 10.9. The van der Waals surface area contributed by atoms with E-state index in [0.29, 0.717) is 17.9 Å². The van der Waals surface area contributed by atoms with E-state index in [1.807, 2.05) is 0 Å². The summed E-state index contributed by atoms with van der Waals surface area (Å²) in [5, 5.41) is 0. The van der Waals surface area contributed by atoms with Gasteiger partial charge in [-0.05, 0) is 30.9 Å². The molecule has 1 aromatic carbocycles. The van der Waals surface area contributed by atoms with Crippen LogP contribution in [-0.2, 0) is 11.3 Å². The molecule has 16 heavy (non-hydrogen) atoms. The number of nitrogen functional groups attached to an aromatic ring is 1. The molecule has 1 fully saturated rings. The molecule has 0 aliphatic heterocycles. The molecule has 86 valence electrons. The molecular weight excluding hydrogens is 204 g/mol. The number of carbonyl (C=O) groups is 1. The number of primary amides is 1. The minimum atomic E-state index is -0.461. The molecule has 1 aliphatic rings. The van der Waals surface area contributed by atoms with E-state index in [4.69, 9.17) is 16.2 Å². The first-order valence-electron chi connectivity index (χ1n) is 5.43. The van der Waals surface area contributed by atoms with Crippen LogP contribution in [-0.4, -0.2) is 12.5 Å². The highest BCUT2D eigenvalue weighted by Gasteiger charge is 2.21. The number of anilines is 1. The fourth-order valence-corrected chi connectivity index (χ4v) is 1.50. The zero-order chi connectivity index (χ0) is 11.5. The lowest BCUT2D eigenvalue weighted by Crippen LogP contribution is -2.12. The minimum absolute atomic E-state index is 0.434. The molecule has 1 aromatic rings. The zero-order valence-electron chi connectivity index (χ0n) is 9.11. The van der Waals surface area contributed by atoms with Crippen molar-refractivity contribution in [2.75, 3.05) is 12.3 Å². The Hall–Kier alpha value is -1.55. The zero-order valence-corrected chi connectivity index (χ0v) is 9.11. The van der Waals surface area contributed by atoms with Crippen LogP contribution in [0.3, 0.4) is 0 Å². The predicted octanol–water partition coefficient (Wildman–Crippen LogP) is 1.29. The summed E-state index contributed by atoms with van der Waals surface area (Å²) < 4.78 is 5.53. The van der Waals surface area contributed by atoms with Gasteiger partial charge in [-0.3, -0.25) is 4.79 Å². The van der Waals surface area contributed by atoms with Gasteiger partial charge in [0.15, 0.2) is 0 Å². The average molecular weight is 220 g/mol. The monoisotopic (exact) mass is 220 g/mol. The van der Waals surface area contributed by atoms with Gasteiger partial charge in [-0.2, -0.15) is 0 Å². The Morgan fingerprint density at radius 3 is 2.75 bits per heavy atom. The number of amides is 1. The van der Waals surface area contributed by atoms with Gasteiger partial charge in [-0.25, -0.2) is 0 Å². The smallest absolute Gasteiger partial charge is 0.248 e. The summed E-state index contributed by atoms with van der Waals surface area (Å²) in [7, 11) is 0. The molecule has 0 spiro atoms. The van der Waals surface area contributed by atoms with Crippen molar-refractivity contribution < 1.29 is 9.53 Å². The van der Waals surface area contributed by atoms with Crippen LogP contribution in [0.15, 0.2) is 18.2 Å². The highest BCUT2D eigenvalue weighted by Crippen LogP contribution is 2.29. The van der Waals surface area contributed by atoms with Gasteiger partial charge in [0, 0.05) is 23.4 Å². The quantitative estimate of drug-likeness (QED) is 0.734. The van der Waals surface area contributed by atoms with Crippen LogP contribution < -0.4 is 11.5 Å². The molecule has 4 heteroatoms. The fraction of sp³-hybridized carbons (Fsp3) is 0.417. The third-order valence-corrected chi connectivity index (χ3v) is 2.74. The summed E-state index contributed by atoms with van der Waals surface area (Å²) in [6.45, 7) is 1.30. The van der Waals surface area contributed by atoms with Crippen molar-refractivity contribution in [1.29, 1.82) is 0 Å². The summed E-state index contributed by atoms with van der Waals surface area (Å²) >= 11 is 0. The predicted molar refractivity (Wildman–Crippen MR) is 61.8 cm³/mol. The van der Waals surface area contributed by atoms with Gasteiger partial charge in [-0.1, -0.05) is 6.07 Å². The average Bonchev–Trinajstić information content (AvgIpc) is 3.04. The van der Waals surface area contributed by atoms with Crippen LogP contribution in [0.4, 0.5) is 5.69 Å². The second-order valence-corrected chi connectivity index (χ2v) is 4.24. The summed E-state index contributed by atoms with van der Waals surface area (Å²) in [6, 6.07) is 5.06. The van der Waals surface area contributed by atoms with Gasteiger partial charge in [0.2, 0.25) is 5.91 Å². The van der Waals surface area contributed by atoms with Crippen LogP contribution in [0, 0.1) is 5.92 Å². The van der Waals surface area contributed by atoms with E-state index in [9.17, 15) is 4.79 Å². The standard InChI is InChI=1S/C12H16N2O2/c13-11-5-9(12(14)15)3-4-10(11)7-16-6-8-1-2-8/h3-5,8H,1-2,6-7,13H2,(H2,14,15). The molecule has 0 atom stereocenters. The van der Waals surface area contributed by atoms with Crippen LogP contribution in [0.1, 0.15) is 28.8 Å². The molecule has 4 N–H and O–H groups in total. The molecule has 0 unspecified atom stereocenters. The summed E-state index contributed by atoms with van der Waals surface area (Å²) in [4.78, 5) is 10.9. The highest BCUT2D eigenvalue weighted by atomic mass is 16.5. The van der Waals surface area contributed by atoms with Crippen LogP contribution in [0.2, 0.25) is 0 Å². The maximum absolute atomic E-state index is 10.9. The first-order valence-corrected chi connectivity index (χ1v) is 5.43. The van der Waals surface area contributed by atoms with Crippen molar-refractivity contribution in [3.63, 3.8) is 0 Å². The molecule has 1 amide bonds. The van der Waals surface area contributed by atoms with Gasteiger partial charge in [0.25, 0.3) is 0 Å². The number of rotatable bonds is 5. The van der Waals surface area contributed by atoms with E-state index < -0.39 is 5.91 Å². The minimum Gasteiger partial charge on any atom is -0.398 e. The van der Waals surface area contributed by atoms with E-state index in [1.54, 1.807) is 18.2 Å². The van der Waals surface area contributed by atoms with Crippen molar-refractivity contribution >= 4 is 11.6 Å². The SMILES string of the molecule is NC(=O)c1ccc(COCC2CC2)c(N)c1. The lowest BCUT2D eigenvalue weighted by atomic mass is 10.1. The van der Waals surface area contributed by atoms with Crippen LogP contribution >= 0.6 is 0 Å². The summed E-state index contributed by atoms with van der Waals surface area (Å²) in [6.07, 6.45) is 2.55. The van der Waals surface area contributed by atoms with Gasteiger partial charge in [-0.15, -0.1) is 0 Å². The van der Waals surface area contributed by atoms with Crippen molar-refractivity contribution in [3.8, 4) is 0 Å².